The van der Waals surface area contributed by atoms with Crippen LogP contribution in [0.3, 0.4) is 0 Å². The highest BCUT2D eigenvalue weighted by molar-refractivity contribution is 14.2. The second-order valence-electron chi connectivity index (χ2n) is 1.58. The van der Waals surface area contributed by atoms with Crippen LogP contribution < -0.4 is 0 Å². The van der Waals surface area contributed by atoms with Crippen molar-refractivity contribution < 1.29 is 8.92 Å². The van der Waals surface area contributed by atoms with Crippen LogP contribution in [-0.2, 0) is 8.92 Å². The monoisotopic (exact) mass is 262 g/mol. The largest absolute Gasteiger partial charge is 0.385 e. The fourth-order valence-corrected chi connectivity index (χ4v) is 1.16. The maximum Gasteiger partial charge on any atom is 0.0650 e. The minimum absolute atomic E-state index is 0.830. The van der Waals surface area contributed by atoms with E-state index in [9.17, 15) is 0 Å². The second kappa shape index (κ2) is 9.00. The van der Waals surface area contributed by atoms with Gasteiger partial charge < -0.3 is 8.92 Å². The van der Waals surface area contributed by atoms with E-state index in [2.05, 4.69) is 21.2 Å². The number of rotatable bonds is 6. The van der Waals surface area contributed by atoms with Crippen molar-refractivity contribution in [1.82, 2.24) is 0 Å². The Balaban J connectivity index is 2.60. The van der Waals surface area contributed by atoms with E-state index in [0.29, 0.717) is 0 Å². The second-order valence-corrected chi connectivity index (χ2v) is 3.03. The Bertz CT molecular complexity index is 48.2. The predicted octanol–water partition coefficient (Wildman–Crippen LogP) is 2.43. The van der Waals surface area contributed by atoms with Gasteiger partial charge in [-0.3, -0.25) is 0 Å². The number of hydrogen-bond donors (Lipinski definition) is 0. The van der Waals surface area contributed by atoms with Crippen LogP contribution in [0.4, 0.5) is 0 Å². The Labute approximate surface area is 72.5 Å². The average Bonchev–Trinajstić information content (AvgIpc) is 1.89. The number of hydrogen-bond acceptors (Lipinski definition) is 3. The van der Waals surface area contributed by atoms with Crippen LogP contribution in [-0.4, -0.2) is 20.3 Å². The predicted molar refractivity (Wildman–Crippen MR) is 48.7 cm³/mol. The van der Waals surface area contributed by atoms with E-state index < -0.39 is 0 Å². The Hall–Kier alpha value is 1.00. The minimum Gasteiger partial charge on any atom is -0.385 e. The highest BCUT2D eigenvalue weighted by Crippen LogP contribution is 2.12. The van der Waals surface area contributed by atoms with Crippen molar-refractivity contribution in [2.75, 3.05) is 20.3 Å². The highest BCUT2D eigenvalue weighted by Gasteiger charge is 1.86. The van der Waals surface area contributed by atoms with Crippen LogP contribution in [0.1, 0.15) is 12.8 Å². The van der Waals surface area contributed by atoms with E-state index in [0.717, 1.165) is 26.1 Å². The molecule has 2 nitrogen and oxygen atoms in total. The lowest BCUT2D eigenvalue weighted by Gasteiger charge is -1.97. The van der Waals surface area contributed by atoms with Crippen molar-refractivity contribution in [2.45, 2.75) is 12.8 Å². The molecular weight excluding hydrogens is 251 g/mol. The van der Waals surface area contributed by atoms with Gasteiger partial charge in [-0.25, -0.2) is 0 Å². The van der Waals surface area contributed by atoms with Crippen LogP contribution in [0.5, 0.6) is 0 Å². The zero-order valence-electron chi connectivity index (χ0n) is 5.43. The molecule has 0 aromatic heterocycles. The van der Waals surface area contributed by atoms with Gasteiger partial charge in [-0.2, -0.15) is 0 Å². The van der Waals surface area contributed by atoms with E-state index in [4.69, 9.17) is 8.92 Å². The summed E-state index contributed by atoms with van der Waals surface area (Å²) in [5.41, 5.74) is 0. The summed E-state index contributed by atoms with van der Waals surface area (Å²) in [6.07, 6.45) is 2.18. The molecule has 0 atom stereocenters. The summed E-state index contributed by atoms with van der Waals surface area (Å²) in [6, 6.07) is 0. The van der Waals surface area contributed by atoms with Crippen molar-refractivity contribution in [3.63, 3.8) is 0 Å². The molecule has 0 saturated carbocycles. The van der Waals surface area contributed by atoms with Gasteiger partial charge in [-0.05, 0) is 12.8 Å². The van der Waals surface area contributed by atoms with E-state index in [1.807, 2.05) is 0 Å². The average molecular weight is 262 g/mol. The van der Waals surface area contributed by atoms with Crippen molar-refractivity contribution >= 4 is 30.4 Å². The first-order valence-electron chi connectivity index (χ1n) is 2.81. The third kappa shape index (κ3) is 9.00. The van der Waals surface area contributed by atoms with Gasteiger partial charge in [0, 0.05) is 34.9 Å². The van der Waals surface area contributed by atoms with E-state index in [1.54, 1.807) is 7.11 Å². The van der Waals surface area contributed by atoms with Gasteiger partial charge in [0.2, 0.25) is 0 Å². The van der Waals surface area contributed by atoms with Gasteiger partial charge in [0.25, 0.3) is 0 Å². The van der Waals surface area contributed by atoms with E-state index in [-0.39, 0.29) is 0 Å². The molecule has 0 saturated heterocycles. The first-order chi connectivity index (χ1) is 4.41. The Morgan fingerprint density at radius 3 is 2.56 bits per heavy atom. The van der Waals surface area contributed by atoms with Gasteiger partial charge in [0.1, 0.15) is 0 Å². The van der Waals surface area contributed by atoms with Crippen LogP contribution in [0.2, 0.25) is 0 Å². The topological polar surface area (TPSA) is 18.5 Å². The molecule has 4 heteroatoms. The van der Waals surface area contributed by atoms with Gasteiger partial charge in [-0.1, -0.05) is 0 Å². The normalized spacial score (nSPS) is 10.0. The summed E-state index contributed by atoms with van der Waals surface area (Å²) in [5.74, 6) is 0. The molecule has 9 heavy (non-hydrogen) atoms. The van der Waals surface area contributed by atoms with Crippen molar-refractivity contribution in [2.24, 2.45) is 0 Å². The van der Waals surface area contributed by atoms with E-state index >= 15 is 0 Å². The van der Waals surface area contributed by atoms with Crippen molar-refractivity contribution in [3.8, 4) is 0 Å². The summed E-state index contributed by atoms with van der Waals surface area (Å²) >= 11 is 2.11. The molecule has 0 rings (SSSR count). The van der Waals surface area contributed by atoms with Crippen LogP contribution in [0.15, 0.2) is 0 Å². The molecule has 0 bridgehead atoms. The molecule has 0 aliphatic heterocycles. The summed E-state index contributed by atoms with van der Waals surface area (Å²) in [4.78, 5) is 0. The Kier molecular flexibility index (Phi) is 10.0. The summed E-state index contributed by atoms with van der Waals surface area (Å²) in [5, 5.41) is 0. The number of unbranched alkanes of at least 4 members (excludes halogenated alkanes) is 1. The van der Waals surface area contributed by atoms with Gasteiger partial charge in [-0.15, -0.1) is 0 Å². The molecule has 0 aliphatic rings. The zero-order valence-corrected chi connectivity index (χ0v) is 8.41. The zero-order chi connectivity index (χ0) is 6.95. The van der Waals surface area contributed by atoms with Gasteiger partial charge in [0.05, 0.1) is 15.8 Å². The number of ether oxygens (including phenoxy) is 1. The SMILES string of the molecule is COCCCCOSI. The van der Waals surface area contributed by atoms with E-state index in [1.165, 1.54) is 9.21 Å². The molecule has 0 aliphatic carbocycles. The third-order valence-electron chi connectivity index (χ3n) is 0.871. The molecule has 0 N–H and O–H groups in total. The fraction of sp³-hybridized carbons (Fsp3) is 1.00. The summed E-state index contributed by atoms with van der Waals surface area (Å²) < 4.78 is 9.89. The Morgan fingerprint density at radius 2 is 2.00 bits per heavy atom. The van der Waals surface area contributed by atoms with Gasteiger partial charge >= 0.3 is 0 Å². The quantitative estimate of drug-likeness (QED) is 0.416. The van der Waals surface area contributed by atoms with Crippen LogP contribution >= 0.6 is 30.4 Å². The lowest BCUT2D eigenvalue weighted by molar-refractivity contribution is 0.187. The molecule has 0 fully saturated rings. The van der Waals surface area contributed by atoms with Gasteiger partial charge in [0.15, 0.2) is 0 Å². The molecule has 0 heterocycles. The lowest BCUT2D eigenvalue weighted by Crippen LogP contribution is -1.91. The van der Waals surface area contributed by atoms with Crippen LogP contribution in [0.25, 0.3) is 0 Å². The minimum atomic E-state index is 0.830. The van der Waals surface area contributed by atoms with Crippen molar-refractivity contribution in [3.05, 3.63) is 0 Å². The highest BCUT2D eigenvalue weighted by atomic mass is 127. The maximum absolute atomic E-state index is 5.03. The van der Waals surface area contributed by atoms with Crippen LogP contribution in [0, 0.1) is 0 Å². The standard InChI is InChI=1S/C5H11IO2S/c1-7-4-2-3-5-8-9-6/h2-5H2,1H3. The number of halogens is 1. The first kappa shape index (κ1) is 10.0. The number of methoxy groups -OCH3 is 1. The van der Waals surface area contributed by atoms with Crippen molar-refractivity contribution in [1.29, 1.82) is 0 Å². The fourth-order valence-electron chi connectivity index (χ4n) is 0.439. The maximum atomic E-state index is 5.03. The molecule has 0 amide bonds. The lowest BCUT2D eigenvalue weighted by atomic mass is 10.3. The smallest absolute Gasteiger partial charge is 0.0650 e. The molecule has 0 aromatic rings. The molecule has 0 spiro atoms. The molecule has 56 valence electrons. The molecular formula is C5H11IO2S. The molecule has 0 radical (unpaired) electrons. The summed E-state index contributed by atoms with van der Waals surface area (Å²) in [7, 11) is 3.11. The Morgan fingerprint density at radius 1 is 1.33 bits per heavy atom. The molecule has 0 aromatic carbocycles. The molecule has 0 unspecified atom stereocenters. The third-order valence-corrected chi connectivity index (χ3v) is 1.89. The first-order valence-corrected chi connectivity index (χ1v) is 6.09. The summed E-state index contributed by atoms with van der Waals surface area (Å²) in [6.45, 7) is 1.67.